The number of carboxylic acid groups (broad SMARTS) is 1. The topological polar surface area (TPSA) is 382 Å². The van der Waals surface area contributed by atoms with Crippen molar-refractivity contribution in [2.45, 2.75) is 75.9 Å². The van der Waals surface area contributed by atoms with Crippen molar-refractivity contribution >= 4 is 69.5 Å². The summed E-state index contributed by atoms with van der Waals surface area (Å²) in [5, 5.41) is 29.4. The standard InChI is InChI=1S/C46H51N10O17P3/c47-41-34-42(51-21-50-41)56(22-52-34)44-40(37(57)32(70-44)20-69-76(67,68)73-75(65,66)53-74(62,63)64)72-46(61)49-12-11-48-43(58)25-9-10-26(45(59)60)29(19-25)33-30-17-23-5-1-13-54-15-3-7-27(35(23)54)38(30)71-39-28-8-4-16-55-14-2-6-24(36(28)55)18-31(33)39/h9-10,17-19,21-22,32,37,40,44,57H,1-8,11-16,20H2,(H9-,47,48,49,50,51,53,58,59,60,61,62,63,64,65,66,67,68)/p+1/t32-,37-,40-,44-/m1/s1. The summed E-state index contributed by atoms with van der Waals surface area (Å²) in [6.45, 7) is 2.32. The first-order chi connectivity index (χ1) is 36.2. The van der Waals surface area contributed by atoms with E-state index in [1.165, 1.54) is 45.2 Å². The Hall–Kier alpha value is -6.18. The number of benzene rings is 3. The zero-order valence-electron chi connectivity index (χ0n) is 40.2. The van der Waals surface area contributed by atoms with E-state index in [9.17, 15) is 48.1 Å². The van der Waals surface area contributed by atoms with E-state index in [-0.39, 0.29) is 41.2 Å². The van der Waals surface area contributed by atoms with E-state index in [0.717, 1.165) is 122 Å². The molecule has 0 bridgehead atoms. The number of amides is 2. The van der Waals surface area contributed by atoms with Gasteiger partial charge in [0.2, 0.25) is 5.36 Å². The third kappa shape index (κ3) is 9.91. The number of anilines is 2. The molecule has 6 aliphatic heterocycles. The number of nitrogens with one attached hydrogen (secondary N) is 3. The van der Waals surface area contributed by atoms with Gasteiger partial charge in [-0.25, -0.2) is 42.8 Å². The molecule has 2 aromatic heterocycles. The summed E-state index contributed by atoms with van der Waals surface area (Å²) in [4.78, 5) is 93.9. The number of hydrogen-bond acceptors (Lipinski definition) is 17. The van der Waals surface area contributed by atoms with Crippen molar-refractivity contribution < 1.29 is 80.9 Å². The zero-order chi connectivity index (χ0) is 53.4. The third-order valence-electron chi connectivity index (χ3n) is 14.2. The van der Waals surface area contributed by atoms with Crippen molar-refractivity contribution in [3.05, 3.63) is 98.1 Å². The van der Waals surface area contributed by atoms with Crippen molar-refractivity contribution in [1.29, 1.82) is 0 Å². The molecular weight excluding hydrogens is 1060 g/mol. The quantitative estimate of drug-likeness (QED) is 0.0393. The number of carboxylic acids is 1. The van der Waals surface area contributed by atoms with E-state index >= 15 is 0 Å². The molecule has 0 radical (unpaired) electrons. The summed E-state index contributed by atoms with van der Waals surface area (Å²) >= 11 is 0. The highest BCUT2D eigenvalue weighted by molar-refractivity contribution is 7.70. The van der Waals surface area contributed by atoms with Gasteiger partial charge in [0.15, 0.2) is 23.8 Å². The van der Waals surface area contributed by atoms with Crippen LogP contribution in [0.4, 0.5) is 16.3 Å². The second-order valence-corrected chi connectivity index (χ2v) is 23.9. The SMILES string of the molecule is Nc1ncnc2c1ncn2[C@@H]1O[C@H](COP(=O)(O)OP(=O)(O)NP(=O)(O)O)[C@@H](O)[C@H]1OC(=O)NCCNC(=O)c1ccc(C(=O)O)c(C2=c3cc4c5c(c3Oc3c2cc2c6c3CCCN6CCC2)CCC[N+]=5CCC4)c1. The molecule has 6 aliphatic rings. The molecular formula is C46H52N10O17P3+. The molecule has 0 saturated carbocycles. The van der Waals surface area contributed by atoms with Gasteiger partial charge < -0.3 is 65.3 Å². The lowest BCUT2D eigenvalue weighted by Crippen LogP contribution is -2.45. The molecule has 1 saturated heterocycles. The minimum atomic E-state index is -5.64. The fourth-order valence-corrected chi connectivity index (χ4v) is 14.7. The van der Waals surface area contributed by atoms with Crippen LogP contribution in [0.5, 0.6) is 11.5 Å². The number of carbonyl (C=O) groups is 3. The molecule has 1 fully saturated rings. The van der Waals surface area contributed by atoms with Gasteiger partial charge in [-0.05, 0) is 80.0 Å². The summed E-state index contributed by atoms with van der Waals surface area (Å²) in [6.07, 6.45) is 1.65. The number of phosphoric ester groups is 1. The summed E-state index contributed by atoms with van der Waals surface area (Å²) in [7, 11) is -16.7. The average molecular weight is 1110 g/mol. The van der Waals surface area contributed by atoms with Gasteiger partial charge in [-0.3, -0.25) is 13.9 Å². The van der Waals surface area contributed by atoms with Crippen molar-refractivity contribution in [1.82, 2.24) is 39.6 Å². The summed E-state index contributed by atoms with van der Waals surface area (Å²) in [5.41, 5.74) is 13.9. The Morgan fingerprint density at radius 3 is 2.38 bits per heavy atom. The van der Waals surface area contributed by atoms with Crippen molar-refractivity contribution in [2.24, 2.45) is 0 Å². The van der Waals surface area contributed by atoms with Crippen LogP contribution in [0.2, 0.25) is 0 Å². The largest absolute Gasteiger partial charge is 0.480 e. The van der Waals surface area contributed by atoms with Gasteiger partial charge in [-0.1, -0.05) is 0 Å². The van der Waals surface area contributed by atoms with Crippen LogP contribution in [0, 0.1) is 0 Å². The second-order valence-electron chi connectivity index (χ2n) is 19.1. The van der Waals surface area contributed by atoms with Gasteiger partial charge in [0.25, 0.3) is 5.91 Å². The van der Waals surface area contributed by atoms with Crippen molar-refractivity contribution in [3.8, 4) is 11.5 Å². The second kappa shape index (κ2) is 20.0. The normalized spacial score (nSPS) is 22.0. The predicted molar refractivity (Wildman–Crippen MR) is 266 cm³/mol. The van der Waals surface area contributed by atoms with Crippen LogP contribution < -0.4 is 46.0 Å². The molecule has 6 atom stereocenters. The fourth-order valence-electron chi connectivity index (χ4n) is 11.3. The number of rotatable bonds is 15. The molecule has 30 heteroatoms. The first-order valence-electron chi connectivity index (χ1n) is 24.4. The molecule has 76 heavy (non-hydrogen) atoms. The number of nitrogens with zero attached hydrogens (tertiary/aromatic N) is 6. The first-order valence-corrected chi connectivity index (χ1v) is 29.1. The summed E-state index contributed by atoms with van der Waals surface area (Å²) in [5.74, 6) is -0.344. The predicted octanol–water partition coefficient (Wildman–Crippen LogP) is 1.24. The molecule has 11 N–H and O–H groups in total. The first kappa shape index (κ1) is 51.9. The van der Waals surface area contributed by atoms with Crippen LogP contribution in [0.1, 0.15) is 86.0 Å². The minimum absolute atomic E-state index is 0.00528. The average Bonchev–Trinajstić information content (AvgIpc) is 4.06. The van der Waals surface area contributed by atoms with E-state index in [1.807, 2.05) is 0 Å². The van der Waals surface area contributed by atoms with Crippen LogP contribution in [-0.4, -0.2) is 131 Å². The maximum atomic E-state index is 14.0. The highest BCUT2D eigenvalue weighted by Gasteiger charge is 2.50. The lowest BCUT2D eigenvalue weighted by atomic mass is 9.81. The van der Waals surface area contributed by atoms with Crippen molar-refractivity contribution in [2.75, 3.05) is 56.5 Å². The van der Waals surface area contributed by atoms with E-state index in [4.69, 9.17) is 34.3 Å². The Morgan fingerprint density at radius 2 is 1.61 bits per heavy atom. The zero-order valence-corrected chi connectivity index (χ0v) is 42.9. The minimum Gasteiger partial charge on any atom is -0.478 e. The van der Waals surface area contributed by atoms with Crippen LogP contribution in [0.3, 0.4) is 0 Å². The number of nitrogen functional groups attached to an aromatic ring is 1. The number of phosphoric acid groups is 1. The number of aromatic carboxylic acids is 1. The number of hydrogen-bond donors (Lipinski definition) is 10. The van der Waals surface area contributed by atoms with E-state index in [1.54, 1.807) is 6.07 Å². The number of ether oxygens (including phenoxy) is 3. The molecule has 402 valence electrons. The van der Waals surface area contributed by atoms with E-state index < -0.39 is 72.4 Å². The Bertz CT molecular complexity index is 3550. The molecule has 0 aliphatic carbocycles. The van der Waals surface area contributed by atoms with Crippen molar-refractivity contribution in [3.63, 3.8) is 0 Å². The fraction of sp³-hybridized carbons (Fsp3) is 0.413. The Morgan fingerprint density at radius 1 is 0.868 bits per heavy atom. The Kier molecular flexibility index (Phi) is 13.7. The third-order valence-corrected chi connectivity index (χ3v) is 18.5. The smallest absolute Gasteiger partial charge is 0.478 e. The Balaban J connectivity index is 0.837. The monoisotopic (exact) mass is 1110 g/mol. The van der Waals surface area contributed by atoms with E-state index in [0.29, 0.717) is 11.1 Å². The number of fused-ring (bicyclic) bond motifs is 5. The number of alkyl carbamates (subject to hydrolysis) is 1. The number of nitrogens with two attached hydrogens (primary N) is 1. The number of aliphatic hydroxyl groups is 1. The maximum Gasteiger partial charge on any atom is 0.480 e. The number of aliphatic hydroxyl groups excluding tert-OH is 1. The lowest BCUT2D eigenvalue weighted by Gasteiger charge is -2.39. The maximum absolute atomic E-state index is 14.0. The van der Waals surface area contributed by atoms with E-state index in [2.05, 4.69) is 51.5 Å². The molecule has 3 aromatic carbocycles. The highest BCUT2D eigenvalue weighted by atomic mass is 31.3. The molecule has 27 nitrogen and oxygen atoms in total. The van der Waals surface area contributed by atoms with Crippen LogP contribution in [0.25, 0.3) is 16.7 Å². The van der Waals surface area contributed by atoms with Gasteiger partial charge in [0.05, 0.1) is 24.1 Å². The number of aromatic nitrogens is 4. The number of carbonyl (C=O) groups excluding carboxylic acids is 2. The molecule has 2 unspecified atom stereocenters. The van der Waals surface area contributed by atoms with Gasteiger partial charge in [-0.15, -0.1) is 4.86 Å². The highest BCUT2D eigenvalue weighted by Crippen LogP contribution is 2.61. The van der Waals surface area contributed by atoms with Crippen LogP contribution in [0.15, 0.2) is 43.0 Å². The Labute approximate surface area is 430 Å². The number of aryl methyl sites for hydroxylation is 2. The lowest BCUT2D eigenvalue weighted by molar-refractivity contribution is -0.0521. The number of imidazole rings is 1. The summed E-state index contributed by atoms with van der Waals surface area (Å²) < 4.78 is 66.8. The molecule has 8 heterocycles. The molecule has 0 spiro atoms. The van der Waals surface area contributed by atoms with Gasteiger partial charge in [0, 0.05) is 77.8 Å². The van der Waals surface area contributed by atoms with Crippen LogP contribution >= 0.6 is 23.3 Å². The van der Waals surface area contributed by atoms with Gasteiger partial charge >= 0.3 is 35.4 Å². The van der Waals surface area contributed by atoms with Gasteiger partial charge in [-0.2, -0.15) is 4.31 Å². The molecule has 5 aromatic rings. The molecule has 2 amide bonds. The summed E-state index contributed by atoms with van der Waals surface area (Å²) in [6, 6.07) is 8.74. The molecule has 11 rings (SSSR count). The van der Waals surface area contributed by atoms with Gasteiger partial charge in [0.1, 0.15) is 48.6 Å². The van der Waals surface area contributed by atoms with Crippen LogP contribution in [-0.2, 0) is 57.7 Å².